The fraction of sp³-hybridized carbons (Fsp3) is 0.429. The predicted octanol–water partition coefficient (Wildman–Crippen LogP) is 1.90. The second-order valence-electron chi connectivity index (χ2n) is 4.52. The molecular formula is C14H19FN2O2S. The quantitative estimate of drug-likeness (QED) is 0.781. The molecular weight excluding hydrogens is 279 g/mol. The van der Waals surface area contributed by atoms with Gasteiger partial charge in [0.05, 0.1) is 11.6 Å². The minimum atomic E-state index is -0.422. The van der Waals surface area contributed by atoms with E-state index < -0.39 is 5.82 Å². The molecule has 1 aromatic carbocycles. The first-order valence-corrected chi connectivity index (χ1v) is 6.68. The first kappa shape index (κ1) is 16.5. The number of hydrogen-bond donors (Lipinski definition) is 1. The van der Waals surface area contributed by atoms with Crippen molar-refractivity contribution in [3.8, 4) is 0 Å². The van der Waals surface area contributed by atoms with Gasteiger partial charge in [-0.2, -0.15) is 0 Å². The fourth-order valence-corrected chi connectivity index (χ4v) is 1.90. The van der Waals surface area contributed by atoms with Crippen LogP contribution >= 0.6 is 12.2 Å². The van der Waals surface area contributed by atoms with E-state index in [9.17, 15) is 9.18 Å². The molecule has 0 aliphatic rings. The lowest BCUT2D eigenvalue weighted by Crippen LogP contribution is -2.36. The number of hydrogen-bond acceptors (Lipinski definition) is 3. The standard InChI is InChI=1S/C14H19FN2O2S/c1-10-7-11(9-12(15)8-10)14(18)17(5-6-19-2)4-3-13(16)20/h7-9H,3-6H2,1-2H3,(H2,16,20). The van der Waals surface area contributed by atoms with Crippen LogP contribution in [0.3, 0.4) is 0 Å². The van der Waals surface area contributed by atoms with Crippen LogP contribution in [0.25, 0.3) is 0 Å². The van der Waals surface area contributed by atoms with Gasteiger partial charge in [0.25, 0.3) is 5.91 Å². The zero-order valence-corrected chi connectivity index (χ0v) is 12.5. The molecule has 0 unspecified atom stereocenters. The summed E-state index contributed by atoms with van der Waals surface area (Å²) in [6.07, 6.45) is 0.430. The molecule has 0 bridgehead atoms. The SMILES string of the molecule is COCCN(CCC(N)=S)C(=O)c1cc(C)cc(F)c1. The summed E-state index contributed by atoms with van der Waals surface area (Å²) >= 11 is 4.82. The largest absolute Gasteiger partial charge is 0.393 e. The van der Waals surface area contributed by atoms with Crippen molar-refractivity contribution in [1.82, 2.24) is 4.90 Å². The van der Waals surface area contributed by atoms with Crippen molar-refractivity contribution >= 4 is 23.1 Å². The normalized spacial score (nSPS) is 10.3. The first-order chi connectivity index (χ1) is 9.43. The van der Waals surface area contributed by atoms with Crippen LogP contribution in [0.1, 0.15) is 22.3 Å². The number of nitrogens with two attached hydrogens (primary N) is 1. The molecule has 0 radical (unpaired) electrons. The van der Waals surface area contributed by atoms with E-state index in [1.165, 1.54) is 12.1 Å². The van der Waals surface area contributed by atoms with Gasteiger partial charge < -0.3 is 15.4 Å². The zero-order valence-electron chi connectivity index (χ0n) is 11.7. The number of carbonyl (C=O) groups excluding carboxylic acids is 1. The maximum absolute atomic E-state index is 13.4. The lowest BCUT2D eigenvalue weighted by molar-refractivity contribution is 0.0700. The Bertz CT molecular complexity index is 474. The minimum Gasteiger partial charge on any atom is -0.393 e. The summed E-state index contributed by atoms with van der Waals surface area (Å²) in [5.74, 6) is -0.671. The number of ether oxygens (including phenoxy) is 1. The zero-order chi connectivity index (χ0) is 15.1. The van der Waals surface area contributed by atoms with Gasteiger partial charge in [-0.1, -0.05) is 12.2 Å². The number of thiocarbonyl (C=S) groups is 1. The van der Waals surface area contributed by atoms with E-state index in [1.54, 1.807) is 25.0 Å². The minimum absolute atomic E-state index is 0.249. The fourth-order valence-electron chi connectivity index (χ4n) is 1.80. The van der Waals surface area contributed by atoms with Crippen LogP contribution in [-0.2, 0) is 4.74 Å². The molecule has 4 nitrogen and oxygen atoms in total. The molecule has 0 fully saturated rings. The second-order valence-corrected chi connectivity index (χ2v) is 5.04. The maximum atomic E-state index is 13.4. The third-order valence-electron chi connectivity index (χ3n) is 2.77. The molecule has 2 N–H and O–H groups in total. The van der Waals surface area contributed by atoms with Gasteiger partial charge in [-0.25, -0.2) is 4.39 Å². The Labute approximate surface area is 123 Å². The molecule has 1 aromatic rings. The van der Waals surface area contributed by atoms with Crippen LogP contribution in [0.15, 0.2) is 18.2 Å². The molecule has 1 rings (SSSR count). The number of amides is 1. The van der Waals surface area contributed by atoms with Crippen LogP contribution in [0.2, 0.25) is 0 Å². The number of benzene rings is 1. The van der Waals surface area contributed by atoms with E-state index >= 15 is 0 Å². The average Bonchev–Trinajstić information content (AvgIpc) is 2.36. The van der Waals surface area contributed by atoms with E-state index in [2.05, 4.69) is 0 Å². The summed E-state index contributed by atoms with van der Waals surface area (Å²) in [5.41, 5.74) is 6.48. The van der Waals surface area contributed by atoms with Gasteiger partial charge in [0.2, 0.25) is 0 Å². The highest BCUT2D eigenvalue weighted by atomic mass is 32.1. The van der Waals surface area contributed by atoms with Crippen molar-refractivity contribution < 1.29 is 13.9 Å². The van der Waals surface area contributed by atoms with E-state index in [0.717, 1.165) is 0 Å². The van der Waals surface area contributed by atoms with Gasteiger partial charge in [-0.15, -0.1) is 0 Å². The van der Waals surface area contributed by atoms with Gasteiger partial charge in [-0.05, 0) is 30.7 Å². The number of carbonyl (C=O) groups is 1. The van der Waals surface area contributed by atoms with Crippen LogP contribution < -0.4 is 5.73 Å². The Morgan fingerprint density at radius 2 is 2.10 bits per heavy atom. The molecule has 20 heavy (non-hydrogen) atoms. The Hall–Kier alpha value is -1.53. The predicted molar refractivity (Wildman–Crippen MR) is 80.3 cm³/mol. The second kappa shape index (κ2) is 7.91. The third-order valence-corrected chi connectivity index (χ3v) is 2.97. The average molecular weight is 298 g/mol. The summed E-state index contributed by atoms with van der Waals surface area (Å²) in [6.45, 7) is 2.95. The molecule has 110 valence electrons. The monoisotopic (exact) mass is 298 g/mol. The van der Waals surface area contributed by atoms with Crippen LogP contribution in [0.4, 0.5) is 4.39 Å². The molecule has 0 spiro atoms. The van der Waals surface area contributed by atoms with Gasteiger partial charge in [0, 0.05) is 32.2 Å². The van der Waals surface area contributed by atoms with Crippen LogP contribution in [0, 0.1) is 12.7 Å². The summed E-state index contributed by atoms with van der Waals surface area (Å²) in [7, 11) is 1.56. The van der Waals surface area contributed by atoms with Crippen molar-refractivity contribution in [2.24, 2.45) is 5.73 Å². The molecule has 0 aliphatic carbocycles. The number of methoxy groups -OCH3 is 1. The molecule has 0 heterocycles. The van der Waals surface area contributed by atoms with Crippen molar-refractivity contribution in [1.29, 1.82) is 0 Å². The Balaban J connectivity index is 2.87. The van der Waals surface area contributed by atoms with Crippen LogP contribution in [0.5, 0.6) is 0 Å². The Kier molecular flexibility index (Phi) is 6.54. The summed E-state index contributed by atoms with van der Waals surface area (Å²) in [5, 5.41) is 0. The van der Waals surface area contributed by atoms with Gasteiger partial charge in [0.1, 0.15) is 5.82 Å². The third kappa shape index (κ3) is 5.22. The smallest absolute Gasteiger partial charge is 0.254 e. The number of rotatable bonds is 7. The molecule has 0 saturated carbocycles. The number of nitrogens with zero attached hydrogens (tertiary/aromatic N) is 1. The van der Waals surface area contributed by atoms with Crippen molar-refractivity contribution in [3.05, 3.63) is 35.1 Å². The number of aryl methyl sites for hydroxylation is 1. The summed E-state index contributed by atoms with van der Waals surface area (Å²) in [6, 6.07) is 4.27. The Morgan fingerprint density at radius 3 is 2.65 bits per heavy atom. The van der Waals surface area contributed by atoms with Crippen molar-refractivity contribution in [2.75, 3.05) is 26.8 Å². The van der Waals surface area contributed by atoms with E-state index in [4.69, 9.17) is 22.7 Å². The molecule has 0 saturated heterocycles. The lowest BCUT2D eigenvalue weighted by Gasteiger charge is -2.22. The van der Waals surface area contributed by atoms with E-state index in [0.29, 0.717) is 42.2 Å². The van der Waals surface area contributed by atoms with E-state index in [1.807, 2.05) is 0 Å². The highest BCUT2D eigenvalue weighted by Gasteiger charge is 2.16. The van der Waals surface area contributed by atoms with Crippen molar-refractivity contribution in [2.45, 2.75) is 13.3 Å². The summed E-state index contributed by atoms with van der Waals surface area (Å²) in [4.78, 5) is 14.3. The molecule has 0 atom stereocenters. The lowest BCUT2D eigenvalue weighted by atomic mass is 10.1. The van der Waals surface area contributed by atoms with Crippen LogP contribution in [-0.4, -0.2) is 42.6 Å². The van der Waals surface area contributed by atoms with Crippen molar-refractivity contribution in [3.63, 3.8) is 0 Å². The van der Waals surface area contributed by atoms with Gasteiger partial charge >= 0.3 is 0 Å². The molecule has 0 aromatic heterocycles. The number of halogens is 1. The molecule has 6 heteroatoms. The first-order valence-electron chi connectivity index (χ1n) is 6.27. The highest BCUT2D eigenvalue weighted by molar-refractivity contribution is 7.80. The molecule has 1 amide bonds. The molecule has 0 aliphatic heterocycles. The maximum Gasteiger partial charge on any atom is 0.254 e. The summed E-state index contributed by atoms with van der Waals surface area (Å²) < 4.78 is 18.4. The highest BCUT2D eigenvalue weighted by Crippen LogP contribution is 2.11. The topological polar surface area (TPSA) is 55.6 Å². The van der Waals surface area contributed by atoms with E-state index in [-0.39, 0.29) is 5.91 Å². The Morgan fingerprint density at radius 1 is 1.40 bits per heavy atom. The van der Waals surface area contributed by atoms with Gasteiger partial charge in [0.15, 0.2) is 0 Å². The van der Waals surface area contributed by atoms with Gasteiger partial charge in [-0.3, -0.25) is 4.79 Å².